The summed E-state index contributed by atoms with van der Waals surface area (Å²) in [6, 6.07) is 0. The van der Waals surface area contributed by atoms with E-state index >= 15 is 0 Å². The molecule has 0 aromatic carbocycles. The van der Waals surface area contributed by atoms with Crippen molar-refractivity contribution in [3.63, 3.8) is 0 Å². The second-order valence-electron chi connectivity index (χ2n) is 2.27. The molecule has 1 aliphatic heterocycles. The predicted octanol–water partition coefficient (Wildman–Crippen LogP) is 0.860. The number of carbonyl (C=O) groups excluding carboxylic acids is 1. The Morgan fingerprint density at radius 3 is 2.91 bits per heavy atom. The predicted molar refractivity (Wildman–Crippen MR) is 47.6 cm³/mol. The maximum atomic E-state index is 10.9. The second kappa shape index (κ2) is 5.18. The van der Waals surface area contributed by atoms with E-state index in [4.69, 9.17) is 0 Å². The Bertz CT molecular complexity index is 159. The van der Waals surface area contributed by atoms with Crippen molar-refractivity contribution in [3.8, 4) is 0 Å². The first-order valence-corrected chi connectivity index (χ1v) is 3.31. The van der Waals surface area contributed by atoms with Crippen molar-refractivity contribution in [1.29, 1.82) is 0 Å². The van der Waals surface area contributed by atoms with Gasteiger partial charge in [-0.1, -0.05) is 6.08 Å². The number of esters is 1. The molecule has 0 aromatic rings. The van der Waals surface area contributed by atoms with E-state index < -0.39 is 0 Å². The van der Waals surface area contributed by atoms with E-state index in [2.05, 4.69) is 10.1 Å². The SMILES string of the molecule is Br.COC(=O)C1CC=CNC1. The molecule has 0 radical (unpaired) electrons. The van der Waals surface area contributed by atoms with Crippen LogP contribution < -0.4 is 5.32 Å². The largest absolute Gasteiger partial charge is 0.469 e. The highest BCUT2D eigenvalue weighted by atomic mass is 79.9. The van der Waals surface area contributed by atoms with E-state index in [9.17, 15) is 4.79 Å². The first kappa shape index (κ1) is 10.5. The third-order valence-electron chi connectivity index (χ3n) is 1.56. The smallest absolute Gasteiger partial charge is 0.310 e. The summed E-state index contributed by atoms with van der Waals surface area (Å²) in [6.45, 7) is 0.698. The molecule has 0 saturated heterocycles. The number of carbonyl (C=O) groups is 1. The van der Waals surface area contributed by atoms with Crippen molar-refractivity contribution in [3.05, 3.63) is 12.3 Å². The average molecular weight is 222 g/mol. The van der Waals surface area contributed by atoms with Crippen LogP contribution in [-0.2, 0) is 9.53 Å². The van der Waals surface area contributed by atoms with Crippen molar-refractivity contribution < 1.29 is 9.53 Å². The zero-order valence-electron chi connectivity index (χ0n) is 6.37. The number of nitrogens with one attached hydrogen (secondary N) is 1. The molecule has 1 heterocycles. The van der Waals surface area contributed by atoms with Gasteiger partial charge < -0.3 is 10.1 Å². The van der Waals surface area contributed by atoms with Crippen LogP contribution in [0.3, 0.4) is 0 Å². The van der Waals surface area contributed by atoms with Crippen LogP contribution in [0.2, 0.25) is 0 Å². The number of allylic oxidation sites excluding steroid dienone is 1. The van der Waals surface area contributed by atoms with E-state index in [0.29, 0.717) is 6.54 Å². The lowest BCUT2D eigenvalue weighted by Crippen LogP contribution is -2.28. The molecule has 4 heteroatoms. The van der Waals surface area contributed by atoms with Gasteiger partial charge in [0.05, 0.1) is 13.0 Å². The van der Waals surface area contributed by atoms with Gasteiger partial charge in [-0.3, -0.25) is 4.79 Å². The number of ether oxygens (including phenoxy) is 1. The molecular formula is C7H12BrNO2. The van der Waals surface area contributed by atoms with Gasteiger partial charge in [-0.15, -0.1) is 17.0 Å². The summed E-state index contributed by atoms with van der Waals surface area (Å²) >= 11 is 0. The first-order chi connectivity index (χ1) is 4.84. The van der Waals surface area contributed by atoms with Gasteiger partial charge in [0.1, 0.15) is 0 Å². The van der Waals surface area contributed by atoms with Gasteiger partial charge in [-0.05, 0) is 12.6 Å². The number of hydrogen-bond donors (Lipinski definition) is 1. The average Bonchev–Trinajstić information content (AvgIpc) is 2.05. The highest BCUT2D eigenvalue weighted by Crippen LogP contribution is 2.07. The molecule has 1 rings (SSSR count). The molecule has 1 aliphatic rings. The Kier molecular flexibility index (Phi) is 4.94. The Hall–Kier alpha value is -0.510. The molecule has 0 amide bonds. The van der Waals surface area contributed by atoms with Crippen LogP contribution in [0.1, 0.15) is 6.42 Å². The Morgan fingerprint density at radius 1 is 1.73 bits per heavy atom. The minimum atomic E-state index is -0.128. The maximum absolute atomic E-state index is 10.9. The topological polar surface area (TPSA) is 38.3 Å². The third-order valence-corrected chi connectivity index (χ3v) is 1.56. The summed E-state index contributed by atoms with van der Waals surface area (Å²) in [5.74, 6) is -0.119. The summed E-state index contributed by atoms with van der Waals surface area (Å²) in [4.78, 5) is 10.9. The zero-order chi connectivity index (χ0) is 7.40. The molecule has 1 unspecified atom stereocenters. The van der Waals surface area contributed by atoms with Crippen molar-refractivity contribution in [2.75, 3.05) is 13.7 Å². The second-order valence-corrected chi connectivity index (χ2v) is 2.27. The molecule has 0 bridgehead atoms. The number of methoxy groups -OCH3 is 1. The Labute approximate surface area is 76.6 Å². The highest BCUT2D eigenvalue weighted by molar-refractivity contribution is 8.93. The lowest BCUT2D eigenvalue weighted by Gasteiger charge is -2.15. The Morgan fingerprint density at radius 2 is 2.45 bits per heavy atom. The van der Waals surface area contributed by atoms with Crippen LogP contribution in [0.15, 0.2) is 12.3 Å². The van der Waals surface area contributed by atoms with Gasteiger partial charge in [0.15, 0.2) is 0 Å². The van der Waals surface area contributed by atoms with Gasteiger partial charge in [0.25, 0.3) is 0 Å². The molecule has 1 N–H and O–H groups in total. The van der Waals surface area contributed by atoms with Crippen LogP contribution in [0, 0.1) is 5.92 Å². The summed E-state index contributed by atoms with van der Waals surface area (Å²) in [7, 11) is 1.42. The summed E-state index contributed by atoms with van der Waals surface area (Å²) in [6.07, 6.45) is 4.59. The summed E-state index contributed by atoms with van der Waals surface area (Å²) < 4.78 is 4.58. The summed E-state index contributed by atoms with van der Waals surface area (Å²) in [5.41, 5.74) is 0. The quantitative estimate of drug-likeness (QED) is 0.668. The molecule has 0 spiro atoms. The van der Waals surface area contributed by atoms with Crippen LogP contribution in [-0.4, -0.2) is 19.6 Å². The van der Waals surface area contributed by atoms with Crippen molar-refractivity contribution >= 4 is 23.0 Å². The van der Waals surface area contributed by atoms with E-state index in [1.165, 1.54) is 7.11 Å². The monoisotopic (exact) mass is 221 g/mol. The van der Waals surface area contributed by atoms with Crippen LogP contribution >= 0.6 is 17.0 Å². The number of halogens is 1. The molecule has 0 aliphatic carbocycles. The molecule has 3 nitrogen and oxygen atoms in total. The molecule has 64 valence electrons. The van der Waals surface area contributed by atoms with Crippen molar-refractivity contribution in [1.82, 2.24) is 5.32 Å². The first-order valence-electron chi connectivity index (χ1n) is 3.31. The normalized spacial score (nSPS) is 21.4. The molecule has 11 heavy (non-hydrogen) atoms. The fourth-order valence-corrected chi connectivity index (χ4v) is 0.955. The van der Waals surface area contributed by atoms with Crippen molar-refractivity contribution in [2.45, 2.75) is 6.42 Å². The minimum Gasteiger partial charge on any atom is -0.469 e. The van der Waals surface area contributed by atoms with Gasteiger partial charge in [-0.2, -0.15) is 0 Å². The van der Waals surface area contributed by atoms with Crippen LogP contribution in [0.5, 0.6) is 0 Å². The minimum absolute atomic E-state index is 0. The van der Waals surface area contributed by atoms with Gasteiger partial charge in [0.2, 0.25) is 0 Å². The summed E-state index contributed by atoms with van der Waals surface area (Å²) in [5, 5.41) is 2.97. The van der Waals surface area contributed by atoms with E-state index in [0.717, 1.165) is 6.42 Å². The molecule has 1 atom stereocenters. The zero-order valence-corrected chi connectivity index (χ0v) is 8.08. The van der Waals surface area contributed by atoms with Gasteiger partial charge in [0, 0.05) is 6.54 Å². The number of rotatable bonds is 1. The van der Waals surface area contributed by atoms with E-state index in [1.54, 1.807) is 0 Å². The van der Waals surface area contributed by atoms with Crippen molar-refractivity contribution in [2.24, 2.45) is 5.92 Å². The lowest BCUT2D eigenvalue weighted by molar-refractivity contribution is -0.145. The molecule has 0 aromatic heterocycles. The highest BCUT2D eigenvalue weighted by Gasteiger charge is 2.18. The van der Waals surface area contributed by atoms with Crippen LogP contribution in [0.25, 0.3) is 0 Å². The number of hydrogen-bond acceptors (Lipinski definition) is 3. The standard InChI is InChI=1S/C7H11NO2.BrH/c1-10-7(9)6-3-2-4-8-5-6;/h2,4,6,8H,3,5H2,1H3;1H. The lowest BCUT2D eigenvalue weighted by atomic mass is 10.0. The van der Waals surface area contributed by atoms with E-state index in [-0.39, 0.29) is 28.9 Å². The van der Waals surface area contributed by atoms with Gasteiger partial charge in [-0.25, -0.2) is 0 Å². The Balaban J connectivity index is 0.000001000. The molecular weight excluding hydrogens is 210 g/mol. The molecule has 0 saturated carbocycles. The maximum Gasteiger partial charge on any atom is 0.310 e. The van der Waals surface area contributed by atoms with Crippen LogP contribution in [0.4, 0.5) is 0 Å². The molecule has 0 fully saturated rings. The van der Waals surface area contributed by atoms with E-state index in [1.807, 2.05) is 12.3 Å². The van der Waals surface area contributed by atoms with Gasteiger partial charge >= 0.3 is 5.97 Å². The fourth-order valence-electron chi connectivity index (χ4n) is 0.955. The third kappa shape index (κ3) is 2.93. The fraction of sp³-hybridized carbons (Fsp3) is 0.571.